The molecule has 0 aliphatic carbocycles. The Hall–Kier alpha value is -3.76. The summed E-state index contributed by atoms with van der Waals surface area (Å²) in [6, 6.07) is 12.1. The van der Waals surface area contributed by atoms with Crippen molar-refractivity contribution in [1.82, 2.24) is 10.2 Å². The van der Waals surface area contributed by atoms with E-state index in [1.54, 1.807) is 24.3 Å². The molecular formula is C20H20F3N5O3. The van der Waals surface area contributed by atoms with Crippen LogP contribution in [0.15, 0.2) is 53.5 Å². The third kappa shape index (κ3) is 6.36. The average molecular weight is 435 g/mol. The number of rotatable bonds is 5. The minimum Gasteiger partial charge on any atom is -0.404 e. The van der Waals surface area contributed by atoms with Gasteiger partial charge in [0.1, 0.15) is 0 Å². The monoisotopic (exact) mass is 435 g/mol. The lowest BCUT2D eigenvalue weighted by Gasteiger charge is -2.26. The molecule has 0 radical (unpaired) electrons. The summed E-state index contributed by atoms with van der Waals surface area (Å²) in [6.45, 7) is 1.02. The number of para-hydroxylation sites is 2. The molecule has 0 bridgehead atoms. The predicted octanol–water partition coefficient (Wildman–Crippen LogP) is 2.08. The van der Waals surface area contributed by atoms with Crippen LogP contribution in [0.3, 0.4) is 0 Å². The van der Waals surface area contributed by atoms with Crippen LogP contribution in [-0.2, 0) is 11.3 Å². The number of hydrogen-bond donors (Lipinski definition) is 3. The van der Waals surface area contributed by atoms with Crippen LogP contribution in [0.1, 0.15) is 15.9 Å². The molecule has 2 amide bonds. The average Bonchev–Trinajstić information content (AvgIpc) is 2.72. The number of carbonyl (C=O) groups is 2. The van der Waals surface area contributed by atoms with Crippen molar-refractivity contribution in [2.24, 2.45) is 10.7 Å². The van der Waals surface area contributed by atoms with E-state index in [9.17, 15) is 22.8 Å². The molecule has 0 saturated carbocycles. The third-order valence-electron chi connectivity index (χ3n) is 4.33. The zero-order chi connectivity index (χ0) is 22.4. The van der Waals surface area contributed by atoms with Gasteiger partial charge in [-0.05, 0) is 29.8 Å². The van der Waals surface area contributed by atoms with Gasteiger partial charge >= 0.3 is 6.36 Å². The van der Waals surface area contributed by atoms with Crippen molar-refractivity contribution in [2.45, 2.75) is 12.9 Å². The molecule has 0 spiro atoms. The first-order valence-corrected chi connectivity index (χ1v) is 9.28. The van der Waals surface area contributed by atoms with Crippen LogP contribution >= 0.6 is 0 Å². The topological polar surface area (TPSA) is 109 Å². The molecule has 2 aromatic rings. The van der Waals surface area contributed by atoms with Crippen molar-refractivity contribution in [1.29, 1.82) is 0 Å². The van der Waals surface area contributed by atoms with Crippen LogP contribution in [0.25, 0.3) is 0 Å². The van der Waals surface area contributed by atoms with Crippen LogP contribution in [-0.4, -0.2) is 48.7 Å². The van der Waals surface area contributed by atoms with E-state index in [0.29, 0.717) is 18.7 Å². The molecular weight excluding hydrogens is 415 g/mol. The number of anilines is 1. The molecule has 11 heteroatoms. The van der Waals surface area contributed by atoms with E-state index >= 15 is 0 Å². The Balaban J connectivity index is 1.61. The van der Waals surface area contributed by atoms with Gasteiger partial charge in [0.2, 0.25) is 5.91 Å². The Kier molecular flexibility index (Phi) is 6.63. The van der Waals surface area contributed by atoms with E-state index in [1.165, 1.54) is 23.1 Å². The molecule has 8 nitrogen and oxygen atoms in total. The highest BCUT2D eigenvalue weighted by Crippen LogP contribution is 2.29. The molecule has 4 N–H and O–H groups in total. The Morgan fingerprint density at radius 1 is 1.19 bits per heavy atom. The van der Waals surface area contributed by atoms with Gasteiger partial charge in [-0.1, -0.05) is 24.3 Å². The first kappa shape index (κ1) is 21.9. The van der Waals surface area contributed by atoms with Gasteiger partial charge in [0.15, 0.2) is 11.7 Å². The van der Waals surface area contributed by atoms with E-state index < -0.39 is 12.1 Å². The number of aliphatic imine (C=N–C) groups is 1. The van der Waals surface area contributed by atoms with Crippen molar-refractivity contribution >= 4 is 23.5 Å². The van der Waals surface area contributed by atoms with Gasteiger partial charge in [-0.25, -0.2) is 4.99 Å². The number of guanidine groups is 1. The summed E-state index contributed by atoms with van der Waals surface area (Å²) in [4.78, 5) is 29.5. The number of piperazine rings is 1. The standard InChI is InChI=1S/C20H20F3N5O3/c21-20(22,23)31-16-4-2-1-3-15(16)27-19(24)26-11-13-5-7-14(8-6-13)18(30)28-10-9-25-17(29)12-28/h1-8H,9-12H2,(H,25,29)(H3,24,26,27). The second kappa shape index (κ2) is 9.37. The van der Waals surface area contributed by atoms with Gasteiger partial charge < -0.3 is 26.0 Å². The summed E-state index contributed by atoms with van der Waals surface area (Å²) in [5.41, 5.74) is 6.97. The van der Waals surface area contributed by atoms with Gasteiger partial charge in [-0.3, -0.25) is 9.59 Å². The largest absolute Gasteiger partial charge is 0.573 e. The molecule has 0 unspecified atom stereocenters. The van der Waals surface area contributed by atoms with E-state index in [1.807, 2.05) is 0 Å². The van der Waals surface area contributed by atoms with Crippen molar-refractivity contribution in [3.8, 4) is 5.75 Å². The zero-order valence-corrected chi connectivity index (χ0v) is 16.3. The third-order valence-corrected chi connectivity index (χ3v) is 4.33. The number of nitrogens with one attached hydrogen (secondary N) is 2. The highest BCUT2D eigenvalue weighted by atomic mass is 19.4. The number of nitrogens with two attached hydrogens (primary N) is 1. The van der Waals surface area contributed by atoms with Crippen molar-refractivity contribution in [3.05, 3.63) is 59.7 Å². The lowest BCUT2D eigenvalue weighted by molar-refractivity contribution is -0.274. The summed E-state index contributed by atoms with van der Waals surface area (Å²) >= 11 is 0. The molecule has 2 aromatic carbocycles. The smallest absolute Gasteiger partial charge is 0.404 e. The Bertz CT molecular complexity index is 977. The molecule has 1 aliphatic rings. The second-order valence-electron chi connectivity index (χ2n) is 6.64. The molecule has 1 aliphatic heterocycles. The first-order valence-electron chi connectivity index (χ1n) is 9.28. The lowest BCUT2D eigenvalue weighted by Crippen LogP contribution is -2.49. The van der Waals surface area contributed by atoms with Crippen LogP contribution in [0.4, 0.5) is 18.9 Å². The summed E-state index contributed by atoms with van der Waals surface area (Å²) in [5, 5.41) is 5.24. The number of carbonyl (C=O) groups excluding carboxylic acids is 2. The number of amides is 2. The molecule has 164 valence electrons. The van der Waals surface area contributed by atoms with Gasteiger partial charge in [0.25, 0.3) is 5.91 Å². The van der Waals surface area contributed by atoms with Crippen molar-refractivity contribution in [2.75, 3.05) is 25.0 Å². The van der Waals surface area contributed by atoms with Crippen LogP contribution < -0.4 is 21.1 Å². The molecule has 1 saturated heterocycles. The Morgan fingerprint density at radius 2 is 1.90 bits per heavy atom. The summed E-state index contributed by atoms with van der Waals surface area (Å²) in [7, 11) is 0. The molecule has 1 heterocycles. The normalized spacial score (nSPS) is 14.7. The summed E-state index contributed by atoms with van der Waals surface area (Å²) < 4.78 is 41.4. The highest BCUT2D eigenvalue weighted by molar-refractivity contribution is 5.97. The maximum Gasteiger partial charge on any atom is 0.573 e. The van der Waals surface area contributed by atoms with E-state index in [0.717, 1.165) is 11.6 Å². The summed E-state index contributed by atoms with van der Waals surface area (Å²) in [5.74, 6) is -0.969. The maximum absolute atomic E-state index is 12.5. The molecule has 0 aromatic heterocycles. The quantitative estimate of drug-likeness (QED) is 0.492. The number of ether oxygens (including phenoxy) is 1. The molecule has 31 heavy (non-hydrogen) atoms. The number of hydrogen-bond acceptors (Lipinski definition) is 4. The molecule has 0 atom stereocenters. The fourth-order valence-corrected chi connectivity index (χ4v) is 2.88. The maximum atomic E-state index is 12.5. The fraction of sp³-hybridized carbons (Fsp3) is 0.250. The second-order valence-corrected chi connectivity index (χ2v) is 6.64. The Labute approximate surface area is 175 Å². The highest BCUT2D eigenvalue weighted by Gasteiger charge is 2.32. The Morgan fingerprint density at radius 3 is 2.58 bits per heavy atom. The van der Waals surface area contributed by atoms with Gasteiger partial charge in [0.05, 0.1) is 18.8 Å². The van der Waals surface area contributed by atoms with E-state index in [2.05, 4.69) is 20.4 Å². The van der Waals surface area contributed by atoms with E-state index in [4.69, 9.17) is 5.73 Å². The molecule has 1 fully saturated rings. The van der Waals surface area contributed by atoms with Crippen molar-refractivity contribution in [3.63, 3.8) is 0 Å². The molecule has 3 rings (SSSR count). The number of benzene rings is 2. The minimum atomic E-state index is -4.83. The fourth-order valence-electron chi connectivity index (χ4n) is 2.88. The van der Waals surface area contributed by atoms with Crippen molar-refractivity contribution < 1.29 is 27.5 Å². The van der Waals surface area contributed by atoms with Gasteiger partial charge in [0, 0.05) is 18.7 Å². The first-order chi connectivity index (χ1) is 14.7. The van der Waals surface area contributed by atoms with Crippen LogP contribution in [0.5, 0.6) is 5.75 Å². The van der Waals surface area contributed by atoms with Crippen LogP contribution in [0.2, 0.25) is 0 Å². The van der Waals surface area contributed by atoms with E-state index in [-0.39, 0.29) is 36.6 Å². The predicted molar refractivity (Wildman–Crippen MR) is 107 cm³/mol. The zero-order valence-electron chi connectivity index (χ0n) is 16.3. The summed E-state index contributed by atoms with van der Waals surface area (Å²) in [6.07, 6.45) is -4.83. The minimum absolute atomic E-state index is 0.0204. The number of halogens is 3. The van der Waals surface area contributed by atoms with Gasteiger partial charge in [-0.2, -0.15) is 0 Å². The van der Waals surface area contributed by atoms with Crippen LogP contribution in [0, 0.1) is 0 Å². The number of alkyl halides is 3. The number of nitrogens with zero attached hydrogens (tertiary/aromatic N) is 2. The lowest BCUT2D eigenvalue weighted by atomic mass is 10.1. The SMILES string of the molecule is NC(=NCc1ccc(C(=O)N2CCNC(=O)C2)cc1)Nc1ccccc1OC(F)(F)F. The van der Waals surface area contributed by atoms with Gasteiger partial charge in [-0.15, -0.1) is 13.2 Å².